The molecule has 0 aliphatic rings. The van der Waals surface area contributed by atoms with Crippen LogP contribution in [0.2, 0.25) is 0 Å². The van der Waals surface area contributed by atoms with Gasteiger partial charge >= 0.3 is 11.9 Å². The van der Waals surface area contributed by atoms with Gasteiger partial charge in [-0.25, -0.2) is 9.59 Å². The van der Waals surface area contributed by atoms with Crippen molar-refractivity contribution in [2.45, 2.75) is 11.3 Å². The summed E-state index contributed by atoms with van der Waals surface area (Å²) >= 11 is 0. The van der Waals surface area contributed by atoms with Crippen LogP contribution in [0.5, 0.6) is 0 Å². The minimum absolute atomic E-state index is 0.0907. The van der Waals surface area contributed by atoms with Crippen molar-refractivity contribution in [3.8, 4) is 0 Å². The predicted molar refractivity (Wildman–Crippen MR) is 157 cm³/mol. The molecule has 0 amide bonds. The van der Waals surface area contributed by atoms with Crippen molar-refractivity contribution in [2.75, 3.05) is 27.0 Å². The highest BCUT2D eigenvalue weighted by Gasteiger charge is 2.44. The normalized spacial score (nSPS) is 11.6. The van der Waals surface area contributed by atoms with Crippen molar-refractivity contribution in [1.29, 1.82) is 0 Å². The van der Waals surface area contributed by atoms with Crippen molar-refractivity contribution in [2.24, 2.45) is 0 Å². The van der Waals surface area contributed by atoms with Crippen LogP contribution in [-0.2, 0) is 23.8 Å². The predicted octanol–water partition coefficient (Wildman–Crippen LogP) is 4.35. The average Bonchev–Trinajstić information content (AvgIpc) is 3.01. The number of carbonyl (C=O) groups is 2. The summed E-state index contributed by atoms with van der Waals surface area (Å²) in [4.78, 5) is 23.9. The Morgan fingerprint density at radius 1 is 0.650 bits per heavy atom. The van der Waals surface area contributed by atoms with Gasteiger partial charge in [0.05, 0.1) is 43.0 Å². The maximum Gasteiger partial charge on any atom is 0.337 e. The molecule has 0 aliphatic heterocycles. The largest absolute Gasteiger partial charge is 0.465 e. The molecule has 40 heavy (non-hydrogen) atoms. The first-order valence-corrected chi connectivity index (χ1v) is 16.0. The smallest absolute Gasteiger partial charge is 0.337 e. The molecule has 0 radical (unpaired) electrons. The summed E-state index contributed by atoms with van der Waals surface area (Å²) in [6, 6.07) is 34.3. The number of hydrogen-bond donors (Lipinski definition) is 0. The molecule has 0 aliphatic carbocycles. The zero-order valence-electron chi connectivity index (χ0n) is 22.2. The first kappa shape index (κ1) is 29.2. The van der Waals surface area contributed by atoms with Gasteiger partial charge in [0.25, 0.3) is 10.1 Å². The molecule has 0 unspecified atom stereocenters. The van der Waals surface area contributed by atoms with E-state index in [1.54, 1.807) is 0 Å². The Morgan fingerprint density at radius 2 is 1.05 bits per heavy atom. The first-order chi connectivity index (χ1) is 19.3. The van der Waals surface area contributed by atoms with E-state index in [0.29, 0.717) is 12.6 Å². The van der Waals surface area contributed by atoms with Gasteiger partial charge in [-0.15, -0.1) is 0 Å². The van der Waals surface area contributed by atoms with Crippen molar-refractivity contribution in [3.05, 3.63) is 120 Å². The van der Waals surface area contributed by atoms with E-state index in [1.165, 1.54) is 36.2 Å². The van der Waals surface area contributed by atoms with Gasteiger partial charge in [-0.1, -0.05) is 54.6 Å². The zero-order valence-corrected chi connectivity index (χ0v) is 23.9. The number of carbonyl (C=O) groups excluding carboxylic acids is 2. The summed E-state index contributed by atoms with van der Waals surface area (Å²) in [6.45, 7) is -0.0907. The number of hydrogen-bond acceptors (Lipinski definition) is 7. The van der Waals surface area contributed by atoms with Gasteiger partial charge in [0.2, 0.25) is 0 Å². The summed E-state index contributed by atoms with van der Waals surface area (Å²) in [5.41, 5.74) is -0.204. The van der Waals surface area contributed by atoms with Crippen LogP contribution in [0.25, 0.3) is 0 Å². The molecule has 0 bridgehead atoms. The fourth-order valence-electron chi connectivity index (χ4n) is 4.64. The highest BCUT2D eigenvalue weighted by Crippen LogP contribution is 2.55. The quantitative estimate of drug-likeness (QED) is 0.113. The van der Waals surface area contributed by atoms with Gasteiger partial charge in [-0.05, 0) is 54.6 Å². The molecule has 7 nitrogen and oxygen atoms in total. The van der Waals surface area contributed by atoms with Gasteiger partial charge in [-0.2, -0.15) is 8.42 Å². The molecule has 0 N–H and O–H groups in total. The number of esters is 2. The molecular formula is C31H30O7PS+. The van der Waals surface area contributed by atoms with E-state index < -0.39 is 29.3 Å². The summed E-state index contributed by atoms with van der Waals surface area (Å²) in [5, 5.41) is 3.55. The van der Waals surface area contributed by atoms with E-state index in [1.807, 2.05) is 54.6 Å². The second kappa shape index (κ2) is 13.0. The Bertz CT molecular complexity index is 1430. The van der Waals surface area contributed by atoms with E-state index in [2.05, 4.69) is 36.4 Å². The molecule has 4 aromatic rings. The second-order valence-corrected chi connectivity index (χ2v) is 14.1. The van der Waals surface area contributed by atoms with Gasteiger partial charge in [0.1, 0.15) is 23.2 Å². The molecular weight excluding hydrogens is 547 g/mol. The molecule has 4 rings (SSSR count). The van der Waals surface area contributed by atoms with Gasteiger partial charge in [0.15, 0.2) is 0 Å². The highest BCUT2D eigenvalue weighted by atomic mass is 32.2. The topological polar surface area (TPSA) is 96.0 Å². The van der Waals surface area contributed by atoms with Crippen molar-refractivity contribution in [3.63, 3.8) is 0 Å². The van der Waals surface area contributed by atoms with Crippen LogP contribution in [0.3, 0.4) is 0 Å². The van der Waals surface area contributed by atoms with Crippen LogP contribution in [0, 0.1) is 0 Å². The van der Waals surface area contributed by atoms with Gasteiger partial charge < -0.3 is 9.47 Å². The van der Waals surface area contributed by atoms with Crippen LogP contribution >= 0.6 is 7.26 Å². The Morgan fingerprint density at radius 3 is 1.43 bits per heavy atom. The first-order valence-electron chi connectivity index (χ1n) is 12.6. The number of benzene rings is 4. The summed E-state index contributed by atoms with van der Waals surface area (Å²) in [5.74, 6) is -1.57. The fraction of sp³-hybridized carbons (Fsp3) is 0.161. The Kier molecular flexibility index (Phi) is 9.48. The van der Waals surface area contributed by atoms with Crippen LogP contribution in [0.1, 0.15) is 27.1 Å². The standard InChI is InChI=1S/C31H30O7PS/c1-36-30(32)24-21-25(31(33)37-2)23-29(22-24)40(34,35)38-19-12-20-39(26-13-6-3-7-14-26,27-15-8-4-9-16-27)28-17-10-5-11-18-28/h3-11,13-18,21-23H,12,19-20H2,1-2H3/q+1. The maximum atomic E-state index is 13.2. The lowest BCUT2D eigenvalue weighted by molar-refractivity contribution is 0.0598. The lowest BCUT2D eigenvalue weighted by Crippen LogP contribution is -2.33. The third-order valence-corrected chi connectivity index (χ3v) is 12.3. The van der Waals surface area contributed by atoms with E-state index in [4.69, 9.17) is 13.7 Å². The van der Waals surface area contributed by atoms with Crippen molar-refractivity contribution < 1.29 is 31.7 Å². The number of rotatable bonds is 11. The number of ether oxygens (including phenoxy) is 2. The molecule has 0 heterocycles. The molecule has 9 heteroatoms. The summed E-state index contributed by atoms with van der Waals surface area (Å²) in [6.07, 6.45) is 1.10. The SMILES string of the molecule is COC(=O)c1cc(C(=O)OC)cc(S(=O)(=O)OCCC[P+](c2ccccc2)(c2ccccc2)c2ccccc2)c1. The molecule has 0 saturated carbocycles. The molecule has 206 valence electrons. The van der Waals surface area contributed by atoms with Gasteiger partial charge in [0, 0.05) is 6.42 Å². The maximum absolute atomic E-state index is 13.2. The Labute approximate surface area is 235 Å². The molecule has 0 aromatic heterocycles. The highest BCUT2D eigenvalue weighted by molar-refractivity contribution is 7.95. The molecule has 4 aromatic carbocycles. The van der Waals surface area contributed by atoms with Crippen LogP contribution in [0.4, 0.5) is 0 Å². The molecule has 0 spiro atoms. The average molecular weight is 578 g/mol. The van der Waals surface area contributed by atoms with Crippen LogP contribution in [0.15, 0.2) is 114 Å². The van der Waals surface area contributed by atoms with Gasteiger partial charge in [-0.3, -0.25) is 4.18 Å². The number of methoxy groups -OCH3 is 2. The van der Waals surface area contributed by atoms with E-state index >= 15 is 0 Å². The Balaban J connectivity index is 1.64. The lowest BCUT2D eigenvalue weighted by Gasteiger charge is -2.27. The van der Waals surface area contributed by atoms with Crippen LogP contribution < -0.4 is 15.9 Å². The van der Waals surface area contributed by atoms with Crippen molar-refractivity contribution in [1.82, 2.24) is 0 Å². The summed E-state index contributed by atoms with van der Waals surface area (Å²) < 4.78 is 41.2. The zero-order chi connectivity index (χ0) is 28.6. The third-order valence-electron chi connectivity index (χ3n) is 6.50. The third kappa shape index (κ3) is 6.31. The monoisotopic (exact) mass is 577 g/mol. The molecule has 0 fully saturated rings. The van der Waals surface area contributed by atoms with E-state index in [-0.39, 0.29) is 22.6 Å². The van der Waals surface area contributed by atoms with E-state index in [0.717, 1.165) is 12.1 Å². The lowest BCUT2D eigenvalue weighted by atomic mass is 10.1. The molecule has 0 atom stereocenters. The van der Waals surface area contributed by atoms with E-state index in [9.17, 15) is 18.0 Å². The van der Waals surface area contributed by atoms with Crippen LogP contribution in [-0.4, -0.2) is 47.3 Å². The minimum Gasteiger partial charge on any atom is -0.465 e. The fourth-order valence-corrected chi connectivity index (χ4v) is 9.97. The Hall–Kier alpha value is -3.84. The minimum atomic E-state index is -4.30. The summed E-state index contributed by atoms with van der Waals surface area (Å²) in [7, 11) is -4.13. The second-order valence-electron chi connectivity index (χ2n) is 8.90. The molecule has 0 saturated heterocycles. The van der Waals surface area contributed by atoms with Crippen molar-refractivity contribution >= 4 is 45.2 Å².